The minimum atomic E-state index is -0.465. The third-order valence-corrected chi connectivity index (χ3v) is 5.38. The van der Waals surface area contributed by atoms with Gasteiger partial charge >= 0.3 is 5.97 Å². The van der Waals surface area contributed by atoms with Gasteiger partial charge in [0.15, 0.2) is 5.43 Å². The van der Waals surface area contributed by atoms with Gasteiger partial charge < -0.3 is 14.6 Å². The summed E-state index contributed by atoms with van der Waals surface area (Å²) in [5.41, 5.74) is 2.31. The van der Waals surface area contributed by atoms with Crippen LogP contribution in [0.1, 0.15) is 49.2 Å². The molecule has 1 aliphatic rings. The van der Waals surface area contributed by atoms with Gasteiger partial charge in [-0.05, 0) is 51.4 Å². The summed E-state index contributed by atoms with van der Waals surface area (Å²) in [5, 5.41) is 0.605. The molecule has 6 nitrogen and oxygen atoms in total. The van der Waals surface area contributed by atoms with Crippen LogP contribution in [0.25, 0.3) is 10.9 Å². The average Bonchev–Trinajstić information content (AvgIpc) is 2.65. The maximum atomic E-state index is 13.3. The first-order chi connectivity index (χ1) is 12.9. The van der Waals surface area contributed by atoms with Gasteiger partial charge in [0.05, 0.1) is 12.1 Å². The number of anilines is 1. The van der Waals surface area contributed by atoms with E-state index in [0.29, 0.717) is 29.1 Å². The number of aromatic nitrogens is 1. The molecule has 0 radical (unpaired) electrons. The molecule has 0 unspecified atom stereocenters. The van der Waals surface area contributed by atoms with Gasteiger partial charge in [-0.3, -0.25) is 9.69 Å². The topological polar surface area (TPSA) is 65.6 Å². The summed E-state index contributed by atoms with van der Waals surface area (Å²) in [6, 6.07) is 6.06. The molecule has 0 amide bonds. The third-order valence-electron chi connectivity index (χ3n) is 5.38. The number of rotatable bonds is 5. The number of fused-ring (bicyclic) bond motifs is 1. The second-order valence-corrected chi connectivity index (χ2v) is 7.47. The Morgan fingerprint density at radius 2 is 2.11 bits per heavy atom. The lowest BCUT2D eigenvalue weighted by atomic mass is 10.0. The Morgan fingerprint density at radius 1 is 1.33 bits per heavy atom. The van der Waals surface area contributed by atoms with E-state index in [1.807, 2.05) is 37.2 Å². The second-order valence-electron chi connectivity index (χ2n) is 7.47. The maximum absolute atomic E-state index is 13.3. The Balaban J connectivity index is 2.13. The SMILES string of the molecule is CCOC(=O)c1[nH]c2ccc(N(C)C)cc2c(=O)c1CN1CCCC[C@@H]1C. The average molecular weight is 371 g/mol. The summed E-state index contributed by atoms with van der Waals surface area (Å²) >= 11 is 0. The number of pyridine rings is 1. The largest absolute Gasteiger partial charge is 0.461 e. The minimum Gasteiger partial charge on any atom is -0.461 e. The molecule has 1 atom stereocenters. The predicted octanol–water partition coefficient (Wildman–Crippen LogP) is 3.15. The van der Waals surface area contributed by atoms with Crippen LogP contribution in [0.5, 0.6) is 0 Å². The fraction of sp³-hybridized carbons (Fsp3) is 0.524. The smallest absolute Gasteiger partial charge is 0.355 e. The number of carbonyl (C=O) groups excluding carboxylic acids is 1. The Morgan fingerprint density at radius 3 is 2.78 bits per heavy atom. The van der Waals surface area contributed by atoms with Crippen LogP contribution in [-0.2, 0) is 11.3 Å². The van der Waals surface area contributed by atoms with Crippen LogP contribution in [0.2, 0.25) is 0 Å². The standard InChI is InChI=1S/C21H29N3O3/c1-5-27-21(26)19-17(13-24-11-7-6-8-14(24)2)20(25)16-12-15(23(3)4)9-10-18(16)22-19/h9-10,12,14H,5-8,11,13H2,1-4H3,(H,22,25)/t14-/m0/s1. The van der Waals surface area contributed by atoms with E-state index in [4.69, 9.17) is 4.74 Å². The van der Waals surface area contributed by atoms with E-state index in [0.717, 1.165) is 25.1 Å². The van der Waals surface area contributed by atoms with Gasteiger partial charge in [-0.1, -0.05) is 6.42 Å². The summed E-state index contributed by atoms with van der Waals surface area (Å²) in [5.74, 6) is -0.465. The van der Waals surface area contributed by atoms with Gasteiger partial charge in [0.2, 0.25) is 0 Å². The number of piperidine rings is 1. The van der Waals surface area contributed by atoms with Gasteiger partial charge in [0, 0.05) is 43.3 Å². The molecule has 0 saturated carbocycles. The molecule has 0 aliphatic carbocycles. The number of esters is 1. The van der Waals surface area contributed by atoms with Crippen molar-refractivity contribution in [1.82, 2.24) is 9.88 Å². The van der Waals surface area contributed by atoms with Crippen LogP contribution in [0.4, 0.5) is 5.69 Å². The number of hydrogen-bond donors (Lipinski definition) is 1. The fourth-order valence-corrected chi connectivity index (χ4v) is 3.72. The number of benzene rings is 1. The van der Waals surface area contributed by atoms with Crippen molar-refractivity contribution < 1.29 is 9.53 Å². The third kappa shape index (κ3) is 4.00. The van der Waals surface area contributed by atoms with Crippen molar-refractivity contribution in [2.24, 2.45) is 0 Å². The summed E-state index contributed by atoms with van der Waals surface area (Å²) in [6.45, 7) is 5.64. The Labute approximate surface area is 160 Å². The van der Waals surface area contributed by atoms with Crippen molar-refractivity contribution in [1.29, 1.82) is 0 Å². The van der Waals surface area contributed by atoms with E-state index in [1.165, 1.54) is 6.42 Å². The minimum absolute atomic E-state index is 0.0896. The number of aromatic amines is 1. The first-order valence-corrected chi connectivity index (χ1v) is 9.69. The van der Waals surface area contributed by atoms with Gasteiger partial charge in [0.25, 0.3) is 0 Å². The van der Waals surface area contributed by atoms with E-state index < -0.39 is 5.97 Å². The van der Waals surface area contributed by atoms with Crippen LogP contribution >= 0.6 is 0 Å². The summed E-state index contributed by atoms with van der Waals surface area (Å²) in [4.78, 5) is 33.3. The molecule has 6 heteroatoms. The number of nitrogens with zero attached hydrogens (tertiary/aromatic N) is 2. The van der Waals surface area contributed by atoms with Crippen LogP contribution in [-0.4, -0.2) is 49.1 Å². The van der Waals surface area contributed by atoms with Crippen LogP contribution in [0, 0.1) is 0 Å². The van der Waals surface area contributed by atoms with Gasteiger partial charge in [-0.15, -0.1) is 0 Å². The molecule has 146 valence electrons. The lowest BCUT2D eigenvalue weighted by molar-refractivity contribution is 0.0515. The molecule has 2 heterocycles. The molecule has 3 rings (SSSR count). The van der Waals surface area contributed by atoms with Crippen molar-refractivity contribution in [3.8, 4) is 0 Å². The van der Waals surface area contributed by atoms with Crippen LogP contribution in [0.15, 0.2) is 23.0 Å². The summed E-state index contributed by atoms with van der Waals surface area (Å²) in [6.07, 6.45) is 3.45. The lowest BCUT2D eigenvalue weighted by Crippen LogP contribution is -2.39. The van der Waals surface area contributed by atoms with Crippen molar-refractivity contribution in [3.63, 3.8) is 0 Å². The molecule has 0 spiro atoms. The normalized spacial score (nSPS) is 17.9. The molecule has 1 fully saturated rings. The molecule has 0 bridgehead atoms. The van der Waals surface area contributed by atoms with E-state index >= 15 is 0 Å². The Bertz CT molecular complexity index is 888. The van der Waals surface area contributed by atoms with Crippen LogP contribution < -0.4 is 10.3 Å². The highest BCUT2D eigenvalue weighted by atomic mass is 16.5. The molecule has 27 heavy (non-hydrogen) atoms. The monoisotopic (exact) mass is 371 g/mol. The predicted molar refractivity (Wildman–Crippen MR) is 109 cm³/mol. The molecular formula is C21H29N3O3. The first kappa shape index (κ1) is 19.4. The van der Waals surface area contributed by atoms with E-state index in [1.54, 1.807) is 6.92 Å². The number of likely N-dealkylation sites (tertiary alicyclic amines) is 1. The lowest BCUT2D eigenvalue weighted by Gasteiger charge is -2.33. The number of hydrogen-bond acceptors (Lipinski definition) is 5. The number of ether oxygens (including phenoxy) is 1. The molecule has 1 aromatic heterocycles. The highest BCUT2D eigenvalue weighted by molar-refractivity contribution is 5.93. The number of nitrogens with one attached hydrogen (secondary N) is 1. The summed E-state index contributed by atoms with van der Waals surface area (Å²) < 4.78 is 5.21. The van der Waals surface area contributed by atoms with Gasteiger partial charge in [-0.25, -0.2) is 4.79 Å². The molecule has 2 aromatic rings. The van der Waals surface area contributed by atoms with Crippen LogP contribution in [0.3, 0.4) is 0 Å². The number of H-pyrrole nitrogens is 1. The highest BCUT2D eigenvalue weighted by Crippen LogP contribution is 2.23. The molecule has 1 aromatic carbocycles. The summed E-state index contributed by atoms with van der Waals surface area (Å²) in [7, 11) is 3.89. The van der Waals surface area contributed by atoms with Gasteiger partial charge in [-0.2, -0.15) is 0 Å². The zero-order chi connectivity index (χ0) is 19.6. The molecule has 1 aliphatic heterocycles. The highest BCUT2D eigenvalue weighted by Gasteiger charge is 2.25. The van der Waals surface area contributed by atoms with E-state index in [-0.39, 0.29) is 17.7 Å². The van der Waals surface area contributed by atoms with Gasteiger partial charge in [0.1, 0.15) is 5.69 Å². The molecule has 1 N–H and O–H groups in total. The quantitative estimate of drug-likeness (QED) is 0.818. The van der Waals surface area contributed by atoms with Crippen molar-refractivity contribution in [2.75, 3.05) is 32.1 Å². The first-order valence-electron chi connectivity index (χ1n) is 9.69. The zero-order valence-electron chi connectivity index (χ0n) is 16.7. The van der Waals surface area contributed by atoms with Crippen molar-refractivity contribution >= 4 is 22.6 Å². The zero-order valence-corrected chi connectivity index (χ0v) is 16.7. The van der Waals surface area contributed by atoms with E-state index in [9.17, 15) is 9.59 Å². The van der Waals surface area contributed by atoms with Crippen molar-refractivity contribution in [2.45, 2.75) is 45.7 Å². The van der Waals surface area contributed by atoms with Crippen molar-refractivity contribution in [3.05, 3.63) is 39.7 Å². The Kier molecular flexibility index (Phi) is 5.85. The Hall–Kier alpha value is -2.34. The maximum Gasteiger partial charge on any atom is 0.355 e. The number of carbonyl (C=O) groups is 1. The fourth-order valence-electron chi connectivity index (χ4n) is 3.72. The second kappa shape index (κ2) is 8.13. The molecular weight excluding hydrogens is 342 g/mol. The molecule has 1 saturated heterocycles. The van der Waals surface area contributed by atoms with E-state index in [2.05, 4.69) is 16.8 Å².